The van der Waals surface area contributed by atoms with E-state index in [-0.39, 0.29) is 24.5 Å². The van der Waals surface area contributed by atoms with Crippen molar-refractivity contribution in [1.82, 2.24) is 10.6 Å². The molecule has 0 saturated heterocycles. The molecule has 2 rings (SSSR count). The number of nitro groups is 1. The van der Waals surface area contributed by atoms with Crippen molar-refractivity contribution < 1.29 is 19.6 Å². The molecule has 0 aliphatic carbocycles. The van der Waals surface area contributed by atoms with Gasteiger partial charge in [0.1, 0.15) is 5.70 Å². The number of nitro benzene ring substituents is 1. The summed E-state index contributed by atoms with van der Waals surface area (Å²) < 4.78 is 0. The number of aliphatic hydroxyl groups excluding tert-OH is 1. The van der Waals surface area contributed by atoms with Crippen LogP contribution in [0.3, 0.4) is 0 Å². The summed E-state index contributed by atoms with van der Waals surface area (Å²) in [5.74, 6) is -1.06. The third kappa shape index (κ3) is 5.25. The number of non-ortho nitro benzene ring substituents is 1. The van der Waals surface area contributed by atoms with Crippen molar-refractivity contribution in [2.75, 3.05) is 13.2 Å². The zero-order valence-corrected chi connectivity index (χ0v) is 13.7. The monoisotopic (exact) mass is 355 g/mol. The molecule has 0 unspecified atom stereocenters. The van der Waals surface area contributed by atoms with Crippen molar-refractivity contribution >= 4 is 23.6 Å². The number of hydrogen-bond donors (Lipinski definition) is 3. The number of rotatable bonds is 7. The van der Waals surface area contributed by atoms with Gasteiger partial charge in [0.25, 0.3) is 17.5 Å². The first-order chi connectivity index (χ1) is 12.5. The van der Waals surface area contributed by atoms with Crippen LogP contribution in [0.1, 0.15) is 15.9 Å². The van der Waals surface area contributed by atoms with E-state index in [1.165, 1.54) is 30.3 Å². The zero-order chi connectivity index (χ0) is 18.9. The highest BCUT2D eigenvalue weighted by molar-refractivity contribution is 6.05. The van der Waals surface area contributed by atoms with Gasteiger partial charge in [0.2, 0.25) is 0 Å². The van der Waals surface area contributed by atoms with Crippen molar-refractivity contribution in [2.24, 2.45) is 0 Å². The molecule has 2 aromatic rings. The third-order valence-corrected chi connectivity index (χ3v) is 3.34. The molecule has 0 heterocycles. The Morgan fingerprint density at radius 3 is 2.31 bits per heavy atom. The Labute approximate surface area is 149 Å². The lowest BCUT2D eigenvalue weighted by molar-refractivity contribution is -0.384. The molecule has 0 aliphatic heterocycles. The molecule has 8 heteroatoms. The van der Waals surface area contributed by atoms with Crippen LogP contribution in [-0.4, -0.2) is 35.0 Å². The van der Waals surface area contributed by atoms with Crippen LogP contribution in [0.2, 0.25) is 0 Å². The second kappa shape index (κ2) is 9.09. The Bertz CT molecular complexity index is 816. The number of nitrogens with zero attached hydrogens (tertiary/aromatic N) is 1. The molecular weight excluding hydrogens is 338 g/mol. The lowest BCUT2D eigenvalue weighted by atomic mass is 10.1. The molecule has 8 nitrogen and oxygen atoms in total. The van der Waals surface area contributed by atoms with E-state index in [1.54, 1.807) is 30.3 Å². The van der Waals surface area contributed by atoms with E-state index < -0.39 is 16.7 Å². The minimum absolute atomic E-state index is 0.0254. The Morgan fingerprint density at radius 2 is 1.73 bits per heavy atom. The van der Waals surface area contributed by atoms with E-state index in [4.69, 9.17) is 5.11 Å². The number of carbonyl (C=O) groups excluding carboxylic acids is 2. The SMILES string of the molecule is O=C(NCCO)/C(=C/c1ccc([N+](=O)[O-])cc1)NC(=O)c1ccccc1. The van der Waals surface area contributed by atoms with Crippen molar-refractivity contribution in [2.45, 2.75) is 0 Å². The molecule has 0 aliphatic rings. The molecule has 2 amide bonds. The van der Waals surface area contributed by atoms with Gasteiger partial charge in [-0.15, -0.1) is 0 Å². The van der Waals surface area contributed by atoms with Gasteiger partial charge in [0.05, 0.1) is 11.5 Å². The van der Waals surface area contributed by atoms with Gasteiger partial charge in [-0.2, -0.15) is 0 Å². The summed E-state index contributed by atoms with van der Waals surface area (Å²) in [6, 6.07) is 13.9. The fraction of sp³-hybridized carbons (Fsp3) is 0.111. The van der Waals surface area contributed by atoms with E-state index in [9.17, 15) is 19.7 Å². The van der Waals surface area contributed by atoms with Gasteiger partial charge in [-0.05, 0) is 35.9 Å². The van der Waals surface area contributed by atoms with E-state index in [0.717, 1.165) is 0 Å². The number of nitrogens with one attached hydrogen (secondary N) is 2. The smallest absolute Gasteiger partial charge is 0.269 e. The summed E-state index contributed by atoms with van der Waals surface area (Å²) in [7, 11) is 0. The summed E-state index contributed by atoms with van der Waals surface area (Å²) in [5.41, 5.74) is 0.748. The van der Waals surface area contributed by atoms with Gasteiger partial charge in [0.15, 0.2) is 0 Å². The summed E-state index contributed by atoms with van der Waals surface area (Å²) >= 11 is 0. The van der Waals surface area contributed by atoms with Gasteiger partial charge in [-0.25, -0.2) is 0 Å². The fourth-order valence-corrected chi connectivity index (χ4v) is 2.07. The summed E-state index contributed by atoms with van der Waals surface area (Å²) in [5, 5.41) is 24.5. The highest BCUT2D eigenvalue weighted by Crippen LogP contribution is 2.14. The van der Waals surface area contributed by atoms with Gasteiger partial charge >= 0.3 is 0 Å². The van der Waals surface area contributed by atoms with E-state index in [2.05, 4.69) is 10.6 Å². The quantitative estimate of drug-likeness (QED) is 0.394. The Kier molecular flexibility index (Phi) is 6.58. The molecule has 0 spiro atoms. The van der Waals surface area contributed by atoms with Crippen LogP contribution in [-0.2, 0) is 4.79 Å². The van der Waals surface area contributed by atoms with Gasteiger partial charge in [-0.3, -0.25) is 19.7 Å². The molecule has 0 aromatic heterocycles. The maximum Gasteiger partial charge on any atom is 0.269 e. The first kappa shape index (κ1) is 18.8. The van der Waals surface area contributed by atoms with Crippen molar-refractivity contribution in [1.29, 1.82) is 0 Å². The van der Waals surface area contributed by atoms with Gasteiger partial charge < -0.3 is 15.7 Å². The minimum atomic E-state index is -0.582. The van der Waals surface area contributed by atoms with Crippen LogP contribution in [0.25, 0.3) is 6.08 Å². The second-order valence-corrected chi connectivity index (χ2v) is 5.21. The predicted octanol–water partition coefficient (Wildman–Crippen LogP) is 1.47. The van der Waals surface area contributed by atoms with Crippen molar-refractivity contribution in [3.05, 3.63) is 81.5 Å². The predicted molar refractivity (Wildman–Crippen MR) is 95.1 cm³/mol. The molecule has 0 saturated carbocycles. The highest BCUT2D eigenvalue weighted by atomic mass is 16.6. The van der Waals surface area contributed by atoms with E-state index >= 15 is 0 Å². The average Bonchev–Trinajstić information content (AvgIpc) is 2.66. The first-order valence-electron chi connectivity index (χ1n) is 7.73. The zero-order valence-electron chi connectivity index (χ0n) is 13.7. The number of hydrogen-bond acceptors (Lipinski definition) is 5. The van der Waals surface area contributed by atoms with E-state index in [0.29, 0.717) is 11.1 Å². The van der Waals surface area contributed by atoms with Crippen molar-refractivity contribution in [3.63, 3.8) is 0 Å². The molecule has 26 heavy (non-hydrogen) atoms. The lowest BCUT2D eigenvalue weighted by Crippen LogP contribution is -2.36. The summed E-state index contributed by atoms with van der Waals surface area (Å²) in [6.45, 7) is -0.221. The molecular formula is C18H17N3O5. The fourth-order valence-electron chi connectivity index (χ4n) is 2.07. The van der Waals surface area contributed by atoms with Crippen LogP contribution in [0.4, 0.5) is 5.69 Å². The van der Waals surface area contributed by atoms with Gasteiger partial charge in [-0.1, -0.05) is 18.2 Å². The minimum Gasteiger partial charge on any atom is -0.395 e. The van der Waals surface area contributed by atoms with Crippen molar-refractivity contribution in [3.8, 4) is 0 Å². The molecule has 134 valence electrons. The van der Waals surface area contributed by atoms with Crippen LogP contribution in [0, 0.1) is 10.1 Å². The molecule has 0 radical (unpaired) electrons. The molecule has 0 fully saturated rings. The summed E-state index contributed by atoms with van der Waals surface area (Å²) in [4.78, 5) is 34.7. The topological polar surface area (TPSA) is 122 Å². The Hall–Kier alpha value is -3.52. The highest BCUT2D eigenvalue weighted by Gasteiger charge is 2.14. The van der Waals surface area contributed by atoms with Crippen LogP contribution in [0.15, 0.2) is 60.3 Å². The number of amides is 2. The molecule has 3 N–H and O–H groups in total. The molecule has 0 bridgehead atoms. The third-order valence-electron chi connectivity index (χ3n) is 3.34. The van der Waals surface area contributed by atoms with Gasteiger partial charge in [0, 0.05) is 24.2 Å². The number of benzene rings is 2. The normalized spacial score (nSPS) is 10.9. The van der Waals surface area contributed by atoms with Crippen LogP contribution >= 0.6 is 0 Å². The second-order valence-electron chi connectivity index (χ2n) is 5.21. The standard InChI is InChI=1S/C18H17N3O5/c22-11-10-19-18(24)16(20-17(23)14-4-2-1-3-5-14)12-13-6-8-15(9-7-13)21(25)26/h1-9,12,22H,10-11H2,(H,19,24)(H,20,23)/b16-12-. The van der Waals surface area contributed by atoms with Crippen LogP contribution < -0.4 is 10.6 Å². The largest absolute Gasteiger partial charge is 0.395 e. The Morgan fingerprint density at radius 1 is 1.08 bits per heavy atom. The Balaban J connectivity index is 2.26. The van der Waals surface area contributed by atoms with Crippen LogP contribution in [0.5, 0.6) is 0 Å². The molecule has 2 aromatic carbocycles. The average molecular weight is 355 g/mol. The molecule has 0 atom stereocenters. The number of carbonyl (C=O) groups is 2. The maximum atomic E-state index is 12.3. The number of aliphatic hydroxyl groups is 1. The summed E-state index contributed by atoms with van der Waals surface area (Å²) in [6.07, 6.45) is 1.40. The maximum absolute atomic E-state index is 12.3. The van der Waals surface area contributed by atoms with E-state index in [1.807, 2.05) is 0 Å². The first-order valence-corrected chi connectivity index (χ1v) is 7.73. The lowest BCUT2D eigenvalue weighted by Gasteiger charge is -2.10.